The summed E-state index contributed by atoms with van der Waals surface area (Å²) >= 11 is 0. The minimum Gasteiger partial charge on any atom is -0.377 e. The Labute approximate surface area is 88.2 Å². The van der Waals surface area contributed by atoms with Crippen molar-refractivity contribution in [1.29, 1.82) is 0 Å². The van der Waals surface area contributed by atoms with Gasteiger partial charge in [0.2, 0.25) is 0 Å². The van der Waals surface area contributed by atoms with Crippen LogP contribution in [0.2, 0.25) is 0 Å². The lowest BCUT2D eigenvalue weighted by Crippen LogP contribution is -2.39. The van der Waals surface area contributed by atoms with Crippen LogP contribution < -0.4 is 5.73 Å². The van der Waals surface area contributed by atoms with Crippen LogP contribution in [0.25, 0.3) is 0 Å². The zero-order valence-corrected chi connectivity index (χ0v) is 9.88. The van der Waals surface area contributed by atoms with E-state index in [0.29, 0.717) is 11.5 Å². The third-order valence-corrected chi connectivity index (χ3v) is 2.94. The summed E-state index contributed by atoms with van der Waals surface area (Å²) in [5.41, 5.74) is 6.38. The van der Waals surface area contributed by atoms with Gasteiger partial charge in [-0.2, -0.15) is 0 Å². The maximum Gasteiger partial charge on any atom is 0.0725 e. The van der Waals surface area contributed by atoms with E-state index in [1.54, 1.807) is 0 Å². The van der Waals surface area contributed by atoms with Crippen LogP contribution in [0.3, 0.4) is 0 Å². The predicted octanol–water partition coefficient (Wildman–Crippen LogP) is 2.71. The average Bonchev–Trinajstić information content (AvgIpc) is 2.06. The molecule has 0 radical (unpaired) electrons. The minimum atomic E-state index is 0.281. The second kappa shape index (κ2) is 5.13. The first-order valence-corrected chi connectivity index (χ1v) is 5.86. The lowest BCUT2D eigenvalue weighted by molar-refractivity contribution is 0.00387. The highest BCUT2D eigenvalue weighted by Crippen LogP contribution is 2.22. The molecule has 2 unspecified atom stereocenters. The molecule has 0 spiro atoms. The fraction of sp³-hybridized carbons (Fsp3) is 1.00. The van der Waals surface area contributed by atoms with E-state index < -0.39 is 0 Å². The topological polar surface area (TPSA) is 35.2 Å². The lowest BCUT2D eigenvalue weighted by atomic mass is 9.91. The predicted molar refractivity (Wildman–Crippen MR) is 60.3 cm³/mol. The SMILES string of the molecule is CC(C)(C)CCOC1CCCCC1N. The standard InChI is InChI=1S/C12H25NO/c1-12(2,3)8-9-14-11-7-5-4-6-10(11)13/h10-11H,4-9,13H2,1-3H3. The van der Waals surface area contributed by atoms with Crippen LogP contribution in [0.4, 0.5) is 0 Å². The van der Waals surface area contributed by atoms with Gasteiger partial charge in [0.25, 0.3) is 0 Å². The number of nitrogens with two attached hydrogens (primary N) is 1. The molecular weight excluding hydrogens is 174 g/mol. The van der Waals surface area contributed by atoms with Crippen molar-refractivity contribution < 1.29 is 4.74 Å². The number of ether oxygens (including phenoxy) is 1. The molecule has 0 saturated heterocycles. The number of hydrogen-bond acceptors (Lipinski definition) is 2. The lowest BCUT2D eigenvalue weighted by Gasteiger charge is -2.29. The highest BCUT2D eigenvalue weighted by Gasteiger charge is 2.22. The molecule has 2 nitrogen and oxygen atoms in total. The van der Waals surface area contributed by atoms with Crippen LogP contribution in [0.15, 0.2) is 0 Å². The zero-order valence-electron chi connectivity index (χ0n) is 9.88. The maximum absolute atomic E-state index is 6.00. The van der Waals surface area contributed by atoms with E-state index in [9.17, 15) is 0 Å². The molecule has 1 rings (SSSR count). The van der Waals surface area contributed by atoms with Crippen molar-refractivity contribution in [2.45, 2.75) is 65.0 Å². The Kier molecular flexibility index (Phi) is 4.39. The largest absolute Gasteiger partial charge is 0.377 e. The third-order valence-electron chi connectivity index (χ3n) is 2.94. The summed E-state index contributed by atoms with van der Waals surface area (Å²) in [5.74, 6) is 0. The monoisotopic (exact) mass is 199 g/mol. The van der Waals surface area contributed by atoms with Gasteiger partial charge in [-0.05, 0) is 24.7 Å². The third kappa shape index (κ3) is 4.43. The molecule has 1 aliphatic carbocycles. The minimum absolute atomic E-state index is 0.281. The van der Waals surface area contributed by atoms with Gasteiger partial charge in [0.05, 0.1) is 6.10 Å². The Morgan fingerprint density at radius 1 is 1.21 bits per heavy atom. The Morgan fingerprint density at radius 2 is 1.86 bits per heavy atom. The summed E-state index contributed by atoms with van der Waals surface area (Å²) in [6.45, 7) is 7.60. The van der Waals surface area contributed by atoms with Crippen molar-refractivity contribution in [1.82, 2.24) is 0 Å². The van der Waals surface area contributed by atoms with E-state index in [0.717, 1.165) is 25.9 Å². The second-order valence-electron chi connectivity index (χ2n) is 5.67. The summed E-state index contributed by atoms with van der Waals surface area (Å²) in [4.78, 5) is 0. The Balaban J connectivity index is 2.17. The fourth-order valence-electron chi connectivity index (χ4n) is 1.85. The average molecular weight is 199 g/mol. The molecule has 2 atom stereocenters. The smallest absolute Gasteiger partial charge is 0.0725 e. The van der Waals surface area contributed by atoms with Crippen LogP contribution in [-0.4, -0.2) is 18.8 Å². The molecule has 2 N–H and O–H groups in total. The zero-order chi connectivity index (χ0) is 10.6. The molecule has 0 aromatic rings. The van der Waals surface area contributed by atoms with Crippen molar-refractivity contribution >= 4 is 0 Å². The molecule has 14 heavy (non-hydrogen) atoms. The van der Waals surface area contributed by atoms with Gasteiger partial charge in [-0.25, -0.2) is 0 Å². The van der Waals surface area contributed by atoms with Crippen LogP contribution in [-0.2, 0) is 4.74 Å². The maximum atomic E-state index is 6.00. The number of rotatable bonds is 3. The first kappa shape index (κ1) is 12.0. The Hall–Kier alpha value is -0.0800. The number of hydrogen-bond donors (Lipinski definition) is 1. The normalized spacial score (nSPS) is 29.1. The van der Waals surface area contributed by atoms with Crippen molar-refractivity contribution in [3.8, 4) is 0 Å². The molecule has 1 saturated carbocycles. The summed E-state index contributed by atoms with van der Waals surface area (Å²) in [6, 6.07) is 0.281. The fourth-order valence-corrected chi connectivity index (χ4v) is 1.85. The van der Waals surface area contributed by atoms with Gasteiger partial charge >= 0.3 is 0 Å². The quantitative estimate of drug-likeness (QED) is 0.758. The van der Waals surface area contributed by atoms with Gasteiger partial charge in [-0.1, -0.05) is 33.6 Å². The highest BCUT2D eigenvalue weighted by atomic mass is 16.5. The Morgan fingerprint density at radius 3 is 2.43 bits per heavy atom. The Bertz CT molecular complexity index is 162. The molecule has 0 bridgehead atoms. The van der Waals surface area contributed by atoms with E-state index >= 15 is 0 Å². The van der Waals surface area contributed by atoms with Gasteiger partial charge in [-0.15, -0.1) is 0 Å². The molecule has 84 valence electrons. The molecule has 2 heteroatoms. The van der Waals surface area contributed by atoms with E-state index in [2.05, 4.69) is 20.8 Å². The molecule has 1 fully saturated rings. The van der Waals surface area contributed by atoms with Crippen molar-refractivity contribution in [3.63, 3.8) is 0 Å². The van der Waals surface area contributed by atoms with Gasteiger partial charge in [0.15, 0.2) is 0 Å². The second-order valence-corrected chi connectivity index (χ2v) is 5.67. The first-order chi connectivity index (χ1) is 6.49. The van der Waals surface area contributed by atoms with E-state index in [-0.39, 0.29) is 6.04 Å². The van der Waals surface area contributed by atoms with Crippen LogP contribution >= 0.6 is 0 Å². The summed E-state index contributed by atoms with van der Waals surface area (Å²) in [7, 11) is 0. The van der Waals surface area contributed by atoms with Crippen LogP contribution in [0, 0.1) is 5.41 Å². The van der Waals surface area contributed by atoms with Crippen LogP contribution in [0.5, 0.6) is 0 Å². The molecule has 0 aromatic heterocycles. The van der Waals surface area contributed by atoms with Crippen LogP contribution in [0.1, 0.15) is 52.9 Å². The molecule has 0 amide bonds. The van der Waals surface area contributed by atoms with E-state index in [4.69, 9.17) is 10.5 Å². The van der Waals surface area contributed by atoms with Crippen molar-refractivity contribution in [2.75, 3.05) is 6.61 Å². The summed E-state index contributed by atoms with van der Waals surface area (Å²) in [5, 5.41) is 0. The first-order valence-electron chi connectivity index (χ1n) is 5.86. The van der Waals surface area contributed by atoms with Gasteiger partial charge < -0.3 is 10.5 Å². The summed E-state index contributed by atoms with van der Waals surface area (Å²) < 4.78 is 5.85. The van der Waals surface area contributed by atoms with Gasteiger partial charge in [0.1, 0.15) is 0 Å². The van der Waals surface area contributed by atoms with E-state index in [1.165, 1.54) is 12.8 Å². The molecule has 0 heterocycles. The molecule has 1 aliphatic rings. The molecular formula is C12H25NO. The van der Waals surface area contributed by atoms with Gasteiger partial charge in [-0.3, -0.25) is 0 Å². The van der Waals surface area contributed by atoms with Gasteiger partial charge in [0, 0.05) is 12.6 Å². The summed E-state index contributed by atoms with van der Waals surface area (Å²) in [6.07, 6.45) is 6.31. The molecule has 0 aliphatic heterocycles. The van der Waals surface area contributed by atoms with Crippen molar-refractivity contribution in [2.24, 2.45) is 11.1 Å². The highest BCUT2D eigenvalue weighted by molar-refractivity contribution is 4.78. The van der Waals surface area contributed by atoms with Crippen molar-refractivity contribution in [3.05, 3.63) is 0 Å². The molecule has 0 aromatic carbocycles. The van der Waals surface area contributed by atoms with E-state index in [1.807, 2.05) is 0 Å².